The molecule has 6 nitrogen and oxygen atoms in total. The smallest absolute Gasteiger partial charge is 0.337 e. The monoisotopic (exact) mass is 432 g/mol. The zero-order chi connectivity index (χ0) is 22.1. The number of aliphatic hydroxyl groups excluding tert-OH is 1. The first kappa shape index (κ1) is 23.9. The van der Waals surface area contributed by atoms with Crippen LogP contribution >= 0.6 is 11.6 Å². The maximum atomic E-state index is 11.9. The Kier molecular flexibility index (Phi) is 9.37. The molecule has 0 saturated heterocycles. The van der Waals surface area contributed by atoms with E-state index in [1.165, 1.54) is 6.92 Å². The van der Waals surface area contributed by atoms with Crippen LogP contribution in [0.4, 0.5) is 0 Å². The molecule has 2 atom stereocenters. The number of aliphatic hydroxyl groups is 1. The third-order valence-electron chi connectivity index (χ3n) is 4.60. The molecule has 0 radical (unpaired) electrons. The Morgan fingerprint density at radius 2 is 1.80 bits per heavy atom. The molecule has 2 rings (SSSR count). The van der Waals surface area contributed by atoms with Crippen molar-refractivity contribution in [3.63, 3.8) is 0 Å². The van der Waals surface area contributed by atoms with Gasteiger partial charge < -0.3 is 19.6 Å². The third kappa shape index (κ3) is 8.18. The molecule has 0 saturated carbocycles. The van der Waals surface area contributed by atoms with E-state index in [0.29, 0.717) is 17.8 Å². The summed E-state index contributed by atoms with van der Waals surface area (Å²) >= 11 is 6.05. The molecule has 0 aromatic heterocycles. The summed E-state index contributed by atoms with van der Waals surface area (Å²) in [6.07, 6.45) is -0.242. The molecule has 30 heavy (non-hydrogen) atoms. The molecule has 0 unspecified atom stereocenters. The number of carbonyl (C=O) groups is 2. The second kappa shape index (κ2) is 11.7. The van der Waals surface area contributed by atoms with Gasteiger partial charge in [0.25, 0.3) is 6.92 Å². The number of halogens is 1. The average Bonchev–Trinajstić information content (AvgIpc) is 2.67. The molecule has 0 fully saturated rings. The van der Waals surface area contributed by atoms with Crippen molar-refractivity contribution < 1.29 is 29.2 Å². The minimum Gasteiger partial charge on any atom is -0.451 e. The quantitative estimate of drug-likeness (QED) is 0.338. The molecule has 0 aliphatic heterocycles. The van der Waals surface area contributed by atoms with E-state index in [2.05, 4.69) is 4.74 Å². The Morgan fingerprint density at radius 1 is 1.10 bits per heavy atom. The van der Waals surface area contributed by atoms with Crippen LogP contribution in [0.15, 0.2) is 48.5 Å². The van der Waals surface area contributed by atoms with Crippen LogP contribution in [-0.4, -0.2) is 41.9 Å². The predicted molar refractivity (Wildman–Crippen MR) is 116 cm³/mol. The van der Waals surface area contributed by atoms with Gasteiger partial charge in [0.2, 0.25) is 6.79 Å². The summed E-state index contributed by atoms with van der Waals surface area (Å²) in [6.45, 7) is 1.75. The summed E-state index contributed by atoms with van der Waals surface area (Å²) in [4.78, 5) is 22.6. The Labute approximate surface area is 181 Å². The molecule has 2 N–H and O–H groups in total. The highest BCUT2D eigenvalue weighted by Crippen LogP contribution is 2.25. The fourth-order valence-corrected chi connectivity index (χ4v) is 3.45. The summed E-state index contributed by atoms with van der Waals surface area (Å²) in [7, 11) is 0. The van der Waals surface area contributed by atoms with Crippen LogP contribution in [0.3, 0.4) is 0 Å². The van der Waals surface area contributed by atoms with E-state index in [-0.39, 0.29) is 12.3 Å². The van der Waals surface area contributed by atoms with Crippen molar-refractivity contribution in [1.29, 1.82) is 0 Å². The average molecular weight is 433 g/mol. The summed E-state index contributed by atoms with van der Waals surface area (Å²) in [5, 5.41) is 20.6. The molecule has 0 aliphatic rings. The maximum Gasteiger partial charge on any atom is 0.337 e. The van der Waals surface area contributed by atoms with Gasteiger partial charge in [0.05, 0.1) is 0 Å². The summed E-state index contributed by atoms with van der Waals surface area (Å²) in [5.41, 5.74) is 3.06. The van der Waals surface area contributed by atoms with Crippen LogP contribution in [-0.2, 0) is 25.5 Å². The molecule has 0 heterocycles. The van der Waals surface area contributed by atoms with Crippen LogP contribution in [0.1, 0.15) is 18.9 Å². The highest BCUT2D eigenvalue weighted by molar-refractivity contribution is 6.48. The van der Waals surface area contributed by atoms with Gasteiger partial charge in [-0.3, -0.25) is 4.79 Å². The Morgan fingerprint density at radius 3 is 2.40 bits per heavy atom. The summed E-state index contributed by atoms with van der Waals surface area (Å²) in [5.74, 6) is -1.58. The molecule has 0 spiro atoms. The van der Waals surface area contributed by atoms with Gasteiger partial charge in [0.1, 0.15) is 0 Å². The Balaban J connectivity index is 1.99. The first-order valence-electron chi connectivity index (χ1n) is 9.75. The van der Waals surface area contributed by atoms with Crippen molar-refractivity contribution in [1.82, 2.24) is 0 Å². The molecular formula is C22H26BClO6. The normalized spacial score (nSPS) is 12.7. The Bertz CT molecular complexity index is 840. The van der Waals surface area contributed by atoms with Crippen LogP contribution in [0.2, 0.25) is 18.2 Å². The topological polar surface area (TPSA) is 93.1 Å². The van der Waals surface area contributed by atoms with Gasteiger partial charge in [-0.1, -0.05) is 54.8 Å². The summed E-state index contributed by atoms with van der Waals surface area (Å²) < 4.78 is 9.28. The predicted octanol–water partition coefficient (Wildman–Crippen LogP) is 3.59. The first-order chi connectivity index (χ1) is 14.2. The van der Waals surface area contributed by atoms with E-state index < -0.39 is 31.8 Å². The zero-order valence-corrected chi connectivity index (χ0v) is 17.8. The lowest BCUT2D eigenvalue weighted by molar-refractivity contribution is -0.172. The second-order valence-corrected chi connectivity index (χ2v) is 7.77. The number of esters is 2. The standard InChI is InChI=1S/C22H26BClO6/c1-15(25)29-14-30-22(27)21(26)11-17(13-23(2)28)10-16-6-8-18(9-7-16)19-4-3-5-20(24)12-19/h3-9,12,17,21,26,28H,10-11,13-14H2,1-2H3/t17-,21-/m1/s1. The second-order valence-electron chi connectivity index (χ2n) is 7.33. The molecular weight excluding hydrogens is 407 g/mol. The molecule has 2 aromatic rings. The maximum absolute atomic E-state index is 11.9. The largest absolute Gasteiger partial charge is 0.451 e. The van der Waals surface area contributed by atoms with E-state index >= 15 is 0 Å². The van der Waals surface area contributed by atoms with Crippen LogP contribution in [0.5, 0.6) is 0 Å². The van der Waals surface area contributed by atoms with Gasteiger partial charge in [-0.2, -0.15) is 0 Å². The fourth-order valence-electron chi connectivity index (χ4n) is 3.26. The van der Waals surface area contributed by atoms with Crippen LogP contribution < -0.4 is 0 Å². The molecule has 0 aliphatic carbocycles. The van der Waals surface area contributed by atoms with E-state index in [1.54, 1.807) is 6.82 Å². The van der Waals surface area contributed by atoms with E-state index in [0.717, 1.165) is 16.7 Å². The number of rotatable bonds is 10. The van der Waals surface area contributed by atoms with Gasteiger partial charge in [-0.05, 0) is 53.9 Å². The summed E-state index contributed by atoms with van der Waals surface area (Å²) in [6, 6.07) is 15.5. The number of benzene rings is 2. The van der Waals surface area contributed by atoms with Gasteiger partial charge in [-0.25, -0.2) is 4.79 Å². The number of ether oxygens (including phenoxy) is 2. The minimum atomic E-state index is -1.37. The molecule has 0 bridgehead atoms. The minimum absolute atomic E-state index is 0.125. The SMILES string of the molecule is CB(O)C[C@H](Cc1ccc(-c2cccc(Cl)c2)cc1)C[C@@H](O)C(=O)OCOC(C)=O. The lowest BCUT2D eigenvalue weighted by Gasteiger charge is -2.20. The molecule has 0 amide bonds. The molecule has 160 valence electrons. The van der Waals surface area contributed by atoms with Gasteiger partial charge in [0, 0.05) is 11.9 Å². The number of hydrogen-bond acceptors (Lipinski definition) is 6. The van der Waals surface area contributed by atoms with Crippen LogP contribution in [0.25, 0.3) is 11.1 Å². The highest BCUT2D eigenvalue weighted by atomic mass is 35.5. The Hall–Kier alpha value is -2.35. The number of hydrogen-bond donors (Lipinski definition) is 2. The van der Waals surface area contributed by atoms with E-state index in [4.69, 9.17) is 16.3 Å². The van der Waals surface area contributed by atoms with Crippen molar-refractivity contribution in [2.45, 2.75) is 39.0 Å². The lowest BCUT2D eigenvalue weighted by atomic mass is 9.62. The van der Waals surface area contributed by atoms with Crippen LogP contribution in [0, 0.1) is 5.92 Å². The van der Waals surface area contributed by atoms with Crippen molar-refractivity contribution >= 4 is 30.5 Å². The van der Waals surface area contributed by atoms with Crippen molar-refractivity contribution in [2.75, 3.05) is 6.79 Å². The molecule has 8 heteroatoms. The van der Waals surface area contributed by atoms with E-state index in [9.17, 15) is 19.7 Å². The first-order valence-corrected chi connectivity index (χ1v) is 10.1. The van der Waals surface area contributed by atoms with Gasteiger partial charge in [0.15, 0.2) is 6.10 Å². The van der Waals surface area contributed by atoms with E-state index in [1.807, 2.05) is 48.5 Å². The van der Waals surface area contributed by atoms with Crippen molar-refractivity contribution in [2.24, 2.45) is 5.92 Å². The third-order valence-corrected chi connectivity index (χ3v) is 4.84. The molecule has 2 aromatic carbocycles. The number of carbonyl (C=O) groups excluding carboxylic acids is 2. The lowest BCUT2D eigenvalue weighted by Crippen LogP contribution is -2.29. The van der Waals surface area contributed by atoms with Crippen molar-refractivity contribution in [3.05, 3.63) is 59.1 Å². The van der Waals surface area contributed by atoms with Gasteiger partial charge in [-0.15, -0.1) is 0 Å². The fraction of sp³-hybridized carbons (Fsp3) is 0.364. The van der Waals surface area contributed by atoms with Gasteiger partial charge >= 0.3 is 11.9 Å². The highest BCUT2D eigenvalue weighted by Gasteiger charge is 2.24. The van der Waals surface area contributed by atoms with Crippen molar-refractivity contribution in [3.8, 4) is 11.1 Å². The zero-order valence-electron chi connectivity index (χ0n) is 17.1.